The van der Waals surface area contributed by atoms with Crippen LogP contribution in [0, 0.1) is 11.2 Å². The average Bonchev–Trinajstić information content (AvgIpc) is 2.62. The summed E-state index contributed by atoms with van der Waals surface area (Å²) in [6.07, 6.45) is 5.56. The molecule has 1 saturated heterocycles. The SMILES string of the molecule is N=C1C(C(N)=O)=CC=C/C1=C/Nc1ccc([C@H]2CNCCC2F)cc1F. The lowest BCUT2D eigenvalue weighted by atomic mass is 9.90. The average molecular weight is 358 g/mol. The van der Waals surface area contributed by atoms with Gasteiger partial charge in [0, 0.05) is 24.2 Å². The lowest BCUT2D eigenvalue weighted by Crippen LogP contribution is -2.36. The van der Waals surface area contributed by atoms with Crippen molar-refractivity contribution in [2.24, 2.45) is 5.73 Å². The molecule has 0 radical (unpaired) electrons. The van der Waals surface area contributed by atoms with Gasteiger partial charge in [0.2, 0.25) is 0 Å². The number of amides is 1. The van der Waals surface area contributed by atoms with Gasteiger partial charge >= 0.3 is 0 Å². The Bertz CT molecular complexity index is 829. The Morgan fingerprint density at radius 2 is 2.23 bits per heavy atom. The van der Waals surface area contributed by atoms with Gasteiger partial charge in [-0.3, -0.25) is 10.2 Å². The van der Waals surface area contributed by atoms with Crippen LogP contribution >= 0.6 is 0 Å². The molecule has 0 saturated carbocycles. The summed E-state index contributed by atoms with van der Waals surface area (Å²) in [6.45, 7) is 1.12. The highest BCUT2D eigenvalue weighted by Crippen LogP contribution is 2.29. The summed E-state index contributed by atoms with van der Waals surface area (Å²) >= 11 is 0. The van der Waals surface area contributed by atoms with Crippen LogP contribution in [0.5, 0.6) is 0 Å². The molecule has 1 aromatic rings. The van der Waals surface area contributed by atoms with Crippen LogP contribution in [-0.4, -0.2) is 30.9 Å². The Kier molecular flexibility index (Phi) is 5.27. The van der Waals surface area contributed by atoms with E-state index in [1.54, 1.807) is 24.3 Å². The number of rotatable bonds is 4. The number of nitrogens with two attached hydrogens (primary N) is 1. The fourth-order valence-corrected chi connectivity index (χ4v) is 3.08. The smallest absolute Gasteiger partial charge is 0.250 e. The minimum absolute atomic E-state index is 0.0296. The van der Waals surface area contributed by atoms with E-state index >= 15 is 0 Å². The van der Waals surface area contributed by atoms with Crippen molar-refractivity contribution < 1.29 is 13.6 Å². The molecule has 2 aliphatic rings. The van der Waals surface area contributed by atoms with Gasteiger partial charge < -0.3 is 16.4 Å². The van der Waals surface area contributed by atoms with E-state index in [0.717, 1.165) is 0 Å². The van der Waals surface area contributed by atoms with Crippen LogP contribution in [0.4, 0.5) is 14.5 Å². The summed E-state index contributed by atoms with van der Waals surface area (Å²) in [6, 6.07) is 4.58. The van der Waals surface area contributed by atoms with Crippen molar-refractivity contribution in [3.8, 4) is 0 Å². The van der Waals surface area contributed by atoms with E-state index in [4.69, 9.17) is 11.1 Å². The second-order valence-electron chi connectivity index (χ2n) is 6.28. The van der Waals surface area contributed by atoms with Crippen molar-refractivity contribution in [3.05, 3.63) is 65.2 Å². The van der Waals surface area contributed by atoms with E-state index in [2.05, 4.69) is 10.6 Å². The lowest BCUT2D eigenvalue weighted by Gasteiger charge is -2.27. The van der Waals surface area contributed by atoms with Gasteiger partial charge in [0.25, 0.3) is 5.91 Å². The number of primary amides is 1. The zero-order chi connectivity index (χ0) is 18.7. The topological polar surface area (TPSA) is 91.0 Å². The molecule has 5 nitrogen and oxygen atoms in total. The first-order valence-corrected chi connectivity index (χ1v) is 8.36. The number of allylic oxidation sites excluding steroid dienone is 4. The third-order valence-electron chi connectivity index (χ3n) is 4.56. The predicted octanol–water partition coefficient (Wildman–Crippen LogP) is 2.54. The van der Waals surface area contributed by atoms with Crippen molar-refractivity contribution in [1.29, 1.82) is 5.41 Å². The van der Waals surface area contributed by atoms with Crippen molar-refractivity contribution in [2.75, 3.05) is 18.4 Å². The van der Waals surface area contributed by atoms with Crippen LogP contribution in [-0.2, 0) is 4.79 Å². The molecule has 1 aliphatic heterocycles. The molecule has 1 heterocycles. The standard InChI is InChI=1S/C19H20F2N4O/c20-15-6-7-24-10-14(15)11-4-5-17(16(21)8-11)25-9-12-2-1-3-13(18(12)22)19(23)26/h1-5,8-9,14-15,22,24-25H,6-7,10H2,(H2,23,26)/b12-9-,22-18?/t14-,15?/m1/s1. The molecule has 5 N–H and O–H groups in total. The molecule has 0 spiro atoms. The molecule has 1 unspecified atom stereocenters. The number of anilines is 1. The number of nitrogens with one attached hydrogen (secondary N) is 3. The highest BCUT2D eigenvalue weighted by Gasteiger charge is 2.26. The van der Waals surface area contributed by atoms with Crippen LogP contribution < -0.4 is 16.4 Å². The molecule has 3 rings (SSSR count). The number of carbonyl (C=O) groups excluding carboxylic acids is 1. The molecular weight excluding hydrogens is 338 g/mol. The third-order valence-corrected chi connectivity index (χ3v) is 4.56. The van der Waals surface area contributed by atoms with Gasteiger partial charge in [0.1, 0.15) is 12.0 Å². The summed E-state index contributed by atoms with van der Waals surface area (Å²) in [5, 5.41) is 13.9. The maximum atomic E-state index is 14.4. The summed E-state index contributed by atoms with van der Waals surface area (Å²) < 4.78 is 28.4. The number of hydrogen-bond acceptors (Lipinski definition) is 4. The van der Waals surface area contributed by atoms with Gasteiger partial charge in [0.05, 0.1) is 17.0 Å². The summed E-state index contributed by atoms with van der Waals surface area (Å²) in [4.78, 5) is 11.3. The van der Waals surface area contributed by atoms with Crippen molar-refractivity contribution in [2.45, 2.75) is 18.5 Å². The predicted molar refractivity (Wildman–Crippen MR) is 97.4 cm³/mol. The Morgan fingerprint density at radius 1 is 1.42 bits per heavy atom. The number of benzene rings is 1. The first kappa shape index (κ1) is 18.0. The summed E-state index contributed by atoms with van der Waals surface area (Å²) in [5.74, 6) is -1.56. The molecule has 1 amide bonds. The van der Waals surface area contributed by atoms with Crippen molar-refractivity contribution >= 4 is 17.3 Å². The Labute approximate surface area is 150 Å². The van der Waals surface area contributed by atoms with Crippen LogP contribution in [0.1, 0.15) is 17.9 Å². The maximum absolute atomic E-state index is 14.4. The largest absolute Gasteiger partial charge is 0.366 e. The zero-order valence-electron chi connectivity index (χ0n) is 14.1. The molecule has 1 aliphatic carbocycles. The monoisotopic (exact) mass is 358 g/mol. The molecule has 1 fully saturated rings. The number of piperidine rings is 1. The number of carbonyl (C=O) groups is 1. The normalized spacial score (nSPS) is 24.5. The van der Waals surface area contributed by atoms with E-state index < -0.39 is 17.9 Å². The summed E-state index contributed by atoms with van der Waals surface area (Å²) in [5.41, 5.74) is 6.52. The molecule has 7 heteroatoms. The number of hydrogen-bond donors (Lipinski definition) is 4. The lowest BCUT2D eigenvalue weighted by molar-refractivity contribution is -0.114. The van der Waals surface area contributed by atoms with Crippen LogP contribution in [0.3, 0.4) is 0 Å². The first-order chi connectivity index (χ1) is 12.5. The van der Waals surface area contributed by atoms with Gasteiger partial charge in [-0.2, -0.15) is 0 Å². The molecule has 0 bridgehead atoms. The van der Waals surface area contributed by atoms with Crippen molar-refractivity contribution in [3.63, 3.8) is 0 Å². The number of alkyl halides is 1. The fraction of sp³-hybridized carbons (Fsp3) is 0.263. The fourth-order valence-electron chi connectivity index (χ4n) is 3.08. The van der Waals surface area contributed by atoms with Gasteiger partial charge in [0.15, 0.2) is 0 Å². The second kappa shape index (κ2) is 7.61. The minimum atomic E-state index is -0.983. The van der Waals surface area contributed by atoms with Gasteiger partial charge in [-0.25, -0.2) is 8.78 Å². The maximum Gasteiger partial charge on any atom is 0.250 e. The van der Waals surface area contributed by atoms with E-state index in [0.29, 0.717) is 30.6 Å². The molecule has 0 aromatic heterocycles. The quantitative estimate of drug-likeness (QED) is 0.667. The first-order valence-electron chi connectivity index (χ1n) is 8.36. The van der Waals surface area contributed by atoms with Crippen LogP contribution in [0.15, 0.2) is 53.8 Å². The molecule has 2 atom stereocenters. The van der Waals surface area contributed by atoms with Gasteiger partial charge in [-0.05, 0) is 36.7 Å². The highest BCUT2D eigenvalue weighted by molar-refractivity contribution is 6.28. The third kappa shape index (κ3) is 3.72. The van der Waals surface area contributed by atoms with Crippen LogP contribution in [0.2, 0.25) is 0 Å². The summed E-state index contributed by atoms with van der Waals surface area (Å²) in [7, 11) is 0. The second-order valence-corrected chi connectivity index (χ2v) is 6.28. The number of halogens is 2. The molecule has 136 valence electrons. The Morgan fingerprint density at radius 3 is 2.92 bits per heavy atom. The molecule has 26 heavy (non-hydrogen) atoms. The van der Waals surface area contributed by atoms with Crippen molar-refractivity contribution in [1.82, 2.24) is 5.32 Å². The van der Waals surface area contributed by atoms with E-state index in [9.17, 15) is 13.6 Å². The highest BCUT2D eigenvalue weighted by atomic mass is 19.1. The molecule has 1 aromatic carbocycles. The minimum Gasteiger partial charge on any atom is -0.366 e. The van der Waals surface area contributed by atoms with Crippen LogP contribution in [0.25, 0.3) is 0 Å². The van der Waals surface area contributed by atoms with E-state index in [1.807, 2.05) is 0 Å². The van der Waals surface area contributed by atoms with E-state index in [-0.39, 0.29) is 22.9 Å². The van der Waals surface area contributed by atoms with Gasteiger partial charge in [-0.15, -0.1) is 0 Å². The zero-order valence-corrected chi connectivity index (χ0v) is 14.1. The Hall–Kier alpha value is -2.80. The van der Waals surface area contributed by atoms with Gasteiger partial charge in [-0.1, -0.05) is 18.2 Å². The Balaban J connectivity index is 1.75. The molecular formula is C19H20F2N4O. The van der Waals surface area contributed by atoms with E-state index in [1.165, 1.54) is 18.3 Å².